The van der Waals surface area contributed by atoms with Crippen LogP contribution < -0.4 is 4.74 Å². The molecule has 0 aromatic heterocycles. The minimum atomic E-state index is -0.330. The fourth-order valence-electron chi connectivity index (χ4n) is 3.74. The first kappa shape index (κ1) is 16.7. The molecular weight excluding hydrogens is 379 g/mol. The first-order valence-electron chi connectivity index (χ1n) is 8.82. The van der Waals surface area contributed by atoms with E-state index in [0.29, 0.717) is 10.0 Å². The second-order valence-corrected chi connectivity index (χ2v) is 7.59. The van der Waals surface area contributed by atoms with E-state index in [9.17, 15) is 0 Å². The number of fused-ring (bicyclic) bond motifs is 3. The van der Waals surface area contributed by atoms with Crippen molar-refractivity contribution in [1.82, 2.24) is 5.01 Å². The van der Waals surface area contributed by atoms with E-state index in [4.69, 9.17) is 33.0 Å². The molecule has 0 spiro atoms. The number of hydrazone groups is 1. The third-order valence-electron chi connectivity index (χ3n) is 4.99. The van der Waals surface area contributed by atoms with Crippen LogP contribution >= 0.6 is 23.2 Å². The molecule has 0 saturated heterocycles. The maximum atomic E-state index is 6.33. The number of nitrogens with zero attached hydrogens (tertiary/aromatic N) is 2. The van der Waals surface area contributed by atoms with Gasteiger partial charge in [-0.25, -0.2) is 5.01 Å². The predicted octanol–water partition coefficient (Wildman–Crippen LogP) is 6.24. The lowest BCUT2D eigenvalue weighted by molar-refractivity contribution is -0.0190. The van der Waals surface area contributed by atoms with Crippen LogP contribution in [0.1, 0.15) is 35.4 Å². The molecule has 0 bridgehead atoms. The molecule has 3 aromatic carbocycles. The van der Waals surface area contributed by atoms with Gasteiger partial charge in [-0.2, -0.15) is 5.10 Å². The van der Waals surface area contributed by atoms with Gasteiger partial charge in [-0.3, -0.25) is 0 Å². The highest BCUT2D eigenvalue weighted by atomic mass is 35.5. The van der Waals surface area contributed by atoms with E-state index in [1.165, 1.54) is 0 Å². The monoisotopic (exact) mass is 394 g/mol. The molecule has 5 rings (SSSR count). The van der Waals surface area contributed by atoms with E-state index in [0.717, 1.165) is 34.6 Å². The molecule has 0 saturated carbocycles. The predicted molar refractivity (Wildman–Crippen MR) is 108 cm³/mol. The van der Waals surface area contributed by atoms with E-state index in [1.54, 1.807) is 0 Å². The van der Waals surface area contributed by atoms with Gasteiger partial charge in [0.1, 0.15) is 5.75 Å². The van der Waals surface area contributed by atoms with Crippen LogP contribution in [0.4, 0.5) is 0 Å². The van der Waals surface area contributed by atoms with Crippen molar-refractivity contribution < 1.29 is 4.74 Å². The van der Waals surface area contributed by atoms with Gasteiger partial charge in [0.25, 0.3) is 0 Å². The van der Waals surface area contributed by atoms with Crippen molar-refractivity contribution in [1.29, 1.82) is 0 Å². The summed E-state index contributed by atoms with van der Waals surface area (Å²) in [5.41, 5.74) is 4.21. The van der Waals surface area contributed by atoms with E-state index < -0.39 is 0 Å². The number of benzene rings is 3. The molecule has 2 heterocycles. The van der Waals surface area contributed by atoms with E-state index in [-0.39, 0.29) is 12.3 Å². The van der Waals surface area contributed by atoms with Crippen molar-refractivity contribution in [2.45, 2.75) is 18.7 Å². The summed E-state index contributed by atoms with van der Waals surface area (Å²) in [5, 5.41) is 8.35. The molecular formula is C22H16Cl2N2O. The van der Waals surface area contributed by atoms with Gasteiger partial charge in [-0.15, -0.1) is 0 Å². The Labute approximate surface area is 167 Å². The largest absolute Gasteiger partial charge is 0.464 e. The Morgan fingerprint density at radius 3 is 2.52 bits per heavy atom. The van der Waals surface area contributed by atoms with Crippen molar-refractivity contribution in [3.05, 3.63) is 99.5 Å². The molecule has 0 radical (unpaired) electrons. The van der Waals surface area contributed by atoms with Crippen molar-refractivity contribution in [2.75, 3.05) is 0 Å². The average molecular weight is 395 g/mol. The molecule has 2 aliphatic rings. The van der Waals surface area contributed by atoms with Crippen LogP contribution in [0.15, 0.2) is 77.9 Å². The summed E-state index contributed by atoms with van der Waals surface area (Å²) in [4.78, 5) is 0. The quantitative estimate of drug-likeness (QED) is 0.513. The third-order valence-corrected chi connectivity index (χ3v) is 5.46. The molecule has 0 fully saturated rings. The topological polar surface area (TPSA) is 24.8 Å². The smallest absolute Gasteiger partial charge is 0.213 e. The van der Waals surface area contributed by atoms with Crippen molar-refractivity contribution in [3.63, 3.8) is 0 Å². The average Bonchev–Trinajstić information content (AvgIpc) is 3.14. The summed E-state index contributed by atoms with van der Waals surface area (Å²) in [6, 6.07) is 23.9. The van der Waals surface area contributed by atoms with E-state index in [2.05, 4.69) is 12.1 Å². The Hall–Kier alpha value is -2.49. The summed E-state index contributed by atoms with van der Waals surface area (Å²) in [5.74, 6) is 0.843. The van der Waals surface area contributed by atoms with Gasteiger partial charge >= 0.3 is 0 Å². The van der Waals surface area contributed by atoms with Crippen LogP contribution in [0, 0.1) is 0 Å². The highest BCUT2D eigenvalue weighted by molar-refractivity contribution is 6.31. The highest BCUT2D eigenvalue weighted by Gasteiger charge is 2.41. The van der Waals surface area contributed by atoms with Gasteiger partial charge in [0, 0.05) is 27.6 Å². The summed E-state index contributed by atoms with van der Waals surface area (Å²) in [7, 11) is 0. The third kappa shape index (κ3) is 2.97. The van der Waals surface area contributed by atoms with Crippen LogP contribution in [-0.4, -0.2) is 10.7 Å². The van der Waals surface area contributed by atoms with Crippen LogP contribution in [0.3, 0.4) is 0 Å². The molecule has 0 amide bonds. The van der Waals surface area contributed by atoms with Gasteiger partial charge in [0.2, 0.25) is 6.23 Å². The zero-order chi connectivity index (χ0) is 18.4. The minimum absolute atomic E-state index is 0.0756. The van der Waals surface area contributed by atoms with Crippen LogP contribution in [0.2, 0.25) is 10.0 Å². The fraction of sp³-hybridized carbons (Fsp3) is 0.136. The number of hydrogen-bond acceptors (Lipinski definition) is 3. The highest BCUT2D eigenvalue weighted by Crippen LogP contribution is 2.48. The molecule has 0 unspecified atom stereocenters. The zero-order valence-corrected chi connectivity index (χ0v) is 15.9. The summed E-state index contributed by atoms with van der Waals surface area (Å²) < 4.78 is 6.33. The van der Waals surface area contributed by atoms with E-state index in [1.807, 2.05) is 65.7 Å². The standard InChI is InChI=1S/C22H16Cl2N2O/c23-16-8-4-7-15(11-16)22-26-20(18-12-17(24)9-10-21(18)27-22)13-19(25-26)14-5-2-1-3-6-14/h1-12,20,22H,13H2/t20-,22+/m1/s1. The lowest BCUT2D eigenvalue weighted by Gasteiger charge is -2.38. The Kier molecular flexibility index (Phi) is 4.07. The van der Waals surface area contributed by atoms with Crippen molar-refractivity contribution in [3.8, 4) is 5.75 Å². The number of rotatable bonds is 2. The lowest BCUT2D eigenvalue weighted by Crippen LogP contribution is -2.33. The van der Waals surface area contributed by atoms with Crippen LogP contribution in [0.25, 0.3) is 0 Å². The van der Waals surface area contributed by atoms with Crippen molar-refractivity contribution >= 4 is 28.9 Å². The molecule has 2 aliphatic heterocycles. The Balaban J connectivity index is 1.62. The Bertz CT molecular complexity index is 1040. The van der Waals surface area contributed by atoms with Gasteiger partial charge in [0.05, 0.1) is 11.8 Å². The van der Waals surface area contributed by atoms with Gasteiger partial charge in [-0.05, 0) is 35.9 Å². The maximum absolute atomic E-state index is 6.33. The Morgan fingerprint density at radius 1 is 0.889 bits per heavy atom. The molecule has 134 valence electrons. The normalized spacial score (nSPS) is 20.5. The zero-order valence-electron chi connectivity index (χ0n) is 14.3. The molecule has 27 heavy (non-hydrogen) atoms. The van der Waals surface area contributed by atoms with E-state index >= 15 is 0 Å². The summed E-state index contributed by atoms with van der Waals surface area (Å²) in [6.45, 7) is 0. The number of hydrogen-bond donors (Lipinski definition) is 0. The van der Waals surface area contributed by atoms with Gasteiger partial charge in [-0.1, -0.05) is 65.7 Å². The number of halogens is 2. The maximum Gasteiger partial charge on any atom is 0.213 e. The number of ether oxygens (including phenoxy) is 1. The molecule has 3 nitrogen and oxygen atoms in total. The van der Waals surface area contributed by atoms with Crippen LogP contribution in [-0.2, 0) is 0 Å². The van der Waals surface area contributed by atoms with Gasteiger partial charge in [0.15, 0.2) is 0 Å². The van der Waals surface area contributed by atoms with Crippen molar-refractivity contribution in [2.24, 2.45) is 5.10 Å². The molecule has 3 aromatic rings. The minimum Gasteiger partial charge on any atom is -0.464 e. The Morgan fingerprint density at radius 2 is 1.70 bits per heavy atom. The summed E-state index contributed by atoms with van der Waals surface area (Å²) in [6.07, 6.45) is 0.473. The molecule has 0 aliphatic carbocycles. The fourth-order valence-corrected chi connectivity index (χ4v) is 4.12. The molecule has 2 atom stereocenters. The first-order valence-corrected chi connectivity index (χ1v) is 9.57. The first-order chi connectivity index (χ1) is 13.2. The SMILES string of the molecule is Clc1cccc([C@@H]2Oc3ccc(Cl)cc3[C@H]3CC(c4ccccc4)=NN32)c1. The molecule has 5 heteroatoms. The van der Waals surface area contributed by atoms with Crippen LogP contribution in [0.5, 0.6) is 5.75 Å². The molecule has 0 N–H and O–H groups in total. The second-order valence-electron chi connectivity index (χ2n) is 6.72. The summed E-state index contributed by atoms with van der Waals surface area (Å²) >= 11 is 12.5. The second kappa shape index (κ2) is 6.59. The van der Waals surface area contributed by atoms with Gasteiger partial charge < -0.3 is 4.74 Å². The lowest BCUT2D eigenvalue weighted by atomic mass is 9.96.